The van der Waals surface area contributed by atoms with E-state index in [0.717, 1.165) is 12.1 Å². The van der Waals surface area contributed by atoms with E-state index in [0.29, 0.717) is 0 Å². The van der Waals surface area contributed by atoms with Crippen LogP contribution in [0.1, 0.15) is 0 Å². The second kappa shape index (κ2) is 7.30. The lowest BCUT2D eigenvalue weighted by atomic mass is 10.1. The van der Waals surface area contributed by atoms with E-state index >= 15 is 0 Å². The SMILES string of the molecule is Oc1cccc(-c2cccc(Oc3ccc(F)c(OC(F)F)c3)n2)c1F. The molecular formula is C18H11F4NO3. The monoisotopic (exact) mass is 365 g/mol. The van der Waals surface area contributed by atoms with Crippen molar-refractivity contribution in [3.8, 4) is 34.4 Å². The average molecular weight is 365 g/mol. The molecule has 0 saturated heterocycles. The van der Waals surface area contributed by atoms with Crippen molar-refractivity contribution in [2.24, 2.45) is 0 Å². The maximum Gasteiger partial charge on any atom is 0.387 e. The van der Waals surface area contributed by atoms with Crippen LogP contribution in [0.5, 0.6) is 23.1 Å². The number of hydrogen-bond acceptors (Lipinski definition) is 4. The Morgan fingerprint density at radius 2 is 1.73 bits per heavy atom. The van der Waals surface area contributed by atoms with Gasteiger partial charge in [0.1, 0.15) is 5.75 Å². The van der Waals surface area contributed by atoms with Crippen molar-refractivity contribution in [1.82, 2.24) is 4.98 Å². The normalized spacial score (nSPS) is 10.8. The number of aromatic nitrogens is 1. The highest BCUT2D eigenvalue weighted by Gasteiger charge is 2.13. The Balaban J connectivity index is 1.89. The van der Waals surface area contributed by atoms with E-state index < -0.39 is 29.7 Å². The summed E-state index contributed by atoms with van der Waals surface area (Å²) in [6, 6.07) is 11.6. The summed E-state index contributed by atoms with van der Waals surface area (Å²) in [6.45, 7) is -3.19. The standard InChI is InChI=1S/C18H11F4NO3/c19-12-8-7-10(9-15(12)26-18(21)22)25-16-6-2-4-13(23-16)11-3-1-5-14(24)17(11)20/h1-9,18,24H. The molecule has 0 atom stereocenters. The van der Waals surface area contributed by atoms with Gasteiger partial charge in [-0.2, -0.15) is 8.78 Å². The molecule has 26 heavy (non-hydrogen) atoms. The average Bonchev–Trinajstić information content (AvgIpc) is 2.60. The fourth-order valence-corrected chi connectivity index (χ4v) is 2.19. The molecule has 2 aromatic carbocycles. The van der Waals surface area contributed by atoms with Crippen molar-refractivity contribution in [3.05, 3.63) is 66.2 Å². The molecule has 1 N–H and O–H groups in total. The number of phenols is 1. The first kappa shape index (κ1) is 17.5. The molecule has 0 bridgehead atoms. The van der Waals surface area contributed by atoms with Gasteiger partial charge in [-0.25, -0.2) is 13.8 Å². The van der Waals surface area contributed by atoms with Crippen LogP contribution in [0.15, 0.2) is 54.6 Å². The van der Waals surface area contributed by atoms with Crippen molar-refractivity contribution < 1.29 is 32.1 Å². The number of benzene rings is 2. The third-order valence-electron chi connectivity index (χ3n) is 3.32. The van der Waals surface area contributed by atoms with E-state index in [2.05, 4.69) is 9.72 Å². The van der Waals surface area contributed by atoms with Crippen LogP contribution in [0.25, 0.3) is 11.3 Å². The summed E-state index contributed by atoms with van der Waals surface area (Å²) in [5.74, 6) is -2.99. The van der Waals surface area contributed by atoms with E-state index in [1.807, 2.05) is 0 Å². The first-order chi connectivity index (χ1) is 12.4. The topological polar surface area (TPSA) is 51.6 Å². The molecule has 0 aliphatic carbocycles. The van der Waals surface area contributed by atoms with Crippen molar-refractivity contribution in [2.75, 3.05) is 0 Å². The first-order valence-electron chi connectivity index (χ1n) is 7.31. The number of rotatable bonds is 5. The molecule has 1 heterocycles. The molecule has 0 unspecified atom stereocenters. The van der Waals surface area contributed by atoms with Crippen molar-refractivity contribution >= 4 is 0 Å². The van der Waals surface area contributed by atoms with Crippen LogP contribution in [0.3, 0.4) is 0 Å². The fraction of sp³-hybridized carbons (Fsp3) is 0.0556. The molecule has 0 radical (unpaired) electrons. The van der Waals surface area contributed by atoms with Crippen molar-refractivity contribution in [3.63, 3.8) is 0 Å². The molecule has 3 rings (SSSR count). The van der Waals surface area contributed by atoms with E-state index in [9.17, 15) is 22.7 Å². The highest BCUT2D eigenvalue weighted by Crippen LogP contribution is 2.31. The summed E-state index contributed by atoms with van der Waals surface area (Å²) in [5, 5.41) is 9.45. The number of alkyl halides is 2. The molecule has 3 aromatic rings. The molecule has 4 nitrogen and oxygen atoms in total. The van der Waals surface area contributed by atoms with Gasteiger partial charge in [-0.05, 0) is 30.3 Å². The third-order valence-corrected chi connectivity index (χ3v) is 3.32. The quantitative estimate of drug-likeness (QED) is 0.637. The van der Waals surface area contributed by atoms with Gasteiger partial charge in [0, 0.05) is 17.7 Å². The zero-order chi connectivity index (χ0) is 18.7. The minimum atomic E-state index is -3.19. The van der Waals surface area contributed by atoms with Crippen LogP contribution in [-0.2, 0) is 0 Å². The van der Waals surface area contributed by atoms with Gasteiger partial charge in [0.25, 0.3) is 0 Å². The zero-order valence-electron chi connectivity index (χ0n) is 13.0. The zero-order valence-corrected chi connectivity index (χ0v) is 13.0. The van der Waals surface area contributed by atoms with Gasteiger partial charge in [0.15, 0.2) is 23.1 Å². The fourth-order valence-electron chi connectivity index (χ4n) is 2.19. The Morgan fingerprint density at radius 3 is 2.50 bits per heavy atom. The van der Waals surface area contributed by atoms with Crippen LogP contribution in [0, 0.1) is 11.6 Å². The molecular weight excluding hydrogens is 354 g/mol. The molecule has 1 aromatic heterocycles. The Hall–Kier alpha value is -3.29. The van der Waals surface area contributed by atoms with E-state index in [1.165, 1.54) is 42.5 Å². The predicted octanol–water partition coefficient (Wildman–Crippen LogP) is 5.13. The Morgan fingerprint density at radius 1 is 0.962 bits per heavy atom. The number of halogens is 4. The number of nitrogens with zero attached hydrogens (tertiary/aromatic N) is 1. The highest BCUT2D eigenvalue weighted by molar-refractivity contribution is 5.62. The lowest BCUT2D eigenvalue weighted by Crippen LogP contribution is -2.03. The van der Waals surface area contributed by atoms with Gasteiger partial charge >= 0.3 is 6.61 Å². The smallest absolute Gasteiger partial charge is 0.387 e. The summed E-state index contributed by atoms with van der Waals surface area (Å²) >= 11 is 0. The van der Waals surface area contributed by atoms with Crippen LogP contribution in [0.4, 0.5) is 17.6 Å². The second-order valence-corrected chi connectivity index (χ2v) is 5.07. The Labute approximate surface area is 145 Å². The molecule has 0 amide bonds. The summed E-state index contributed by atoms with van der Waals surface area (Å²) in [6.07, 6.45) is 0. The molecule has 0 aliphatic heterocycles. The van der Waals surface area contributed by atoms with Crippen molar-refractivity contribution in [2.45, 2.75) is 6.61 Å². The summed E-state index contributed by atoms with van der Waals surface area (Å²) in [5.41, 5.74) is 0.235. The summed E-state index contributed by atoms with van der Waals surface area (Å²) in [7, 11) is 0. The van der Waals surface area contributed by atoms with Gasteiger partial charge in [-0.1, -0.05) is 12.1 Å². The lowest BCUT2D eigenvalue weighted by molar-refractivity contribution is -0.0522. The van der Waals surface area contributed by atoms with Gasteiger partial charge < -0.3 is 14.6 Å². The maximum absolute atomic E-state index is 14.0. The third kappa shape index (κ3) is 3.85. The minimum Gasteiger partial charge on any atom is -0.505 e. The predicted molar refractivity (Wildman–Crippen MR) is 84.4 cm³/mol. The molecule has 0 spiro atoms. The van der Waals surface area contributed by atoms with Crippen molar-refractivity contribution in [1.29, 1.82) is 0 Å². The number of pyridine rings is 1. The molecule has 0 aliphatic rings. The maximum atomic E-state index is 14.0. The van der Waals surface area contributed by atoms with E-state index in [4.69, 9.17) is 4.74 Å². The van der Waals surface area contributed by atoms with Gasteiger partial charge in [0.05, 0.1) is 5.69 Å². The molecule has 0 fully saturated rings. The second-order valence-electron chi connectivity index (χ2n) is 5.07. The van der Waals surface area contributed by atoms with Crippen LogP contribution in [-0.4, -0.2) is 16.7 Å². The molecule has 134 valence electrons. The van der Waals surface area contributed by atoms with Crippen LogP contribution >= 0.6 is 0 Å². The van der Waals surface area contributed by atoms with Gasteiger partial charge in [-0.3, -0.25) is 0 Å². The highest BCUT2D eigenvalue weighted by atomic mass is 19.3. The van der Waals surface area contributed by atoms with E-state index in [-0.39, 0.29) is 22.9 Å². The Bertz CT molecular complexity index is 934. The Kier molecular flexibility index (Phi) is 4.92. The van der Waals surface area contributed by atoms with Gasteiger partial charge in [0.2, 0.25) is 5.88 Å². The summed E-state index contributed by atoms with van der Waals surface area (Å²) < 4.78 is 61.5. The molecule has 0 saturated carbocycles. The largest absolute Gasteiger partial charge is 0.505 e. The summed E-state index contributed by atoms with van der Waals surface area (Å²) in [4.78, 5) is 4.10. The molecule has 8 heteroatoms. The minimum absolute atomic E-state index is 0.00285. The van der Waals surface area contributed by atoms with Crippen LogP contribution < -0.4 is 9.47 Å². The van der Waals surface area contributed by atoms with Crippen LogP contribution in [0.2, 0.25) is 0 Å². The number of ether oxygens (including phenoxy) is 2. The van der Waals surface area contributed by atoms with Gasteiger partial charge in [-0.15, -0.1) is 0 Å². The first-order valence-corrected chi connectivity index (χ1v) is 7.31. The number of aromatic hydroxyl groups is 1. The number of phenolic OH excluding ortho intramolecular Hbond substituents is 1. The lowest BCUT2D eigenvalue weighted by Gasteiger charge is -2.10. The van der Waals surface area contributed by atoms with E-state index in [1.54, 1.807) is 0 Å². The number of hydrogen-bond donors (Lipinski definition) is 1.